The number of amides is 1. The van der Waals surface area contributed by atoms with E-state index in [1.807, 2.05) is 6.92 Å². The molecule has 0 atom stereocenters. The van der Waals surface area contributed by atoms with Crippen molar-refractivity contribution in [3.8, 4) is 0 Å². The number of carbonyl (C=O) groups excluding carboxylic acids is 1. The second-order valence-electron chi connectivity index (χ2n) is 4.43. The molecule has 0 bridgehead atoms. The number of carbonyl (C=O) groups is 1. The number of anilines is 1. The summed E-state index contributed by atoms with van der Waals surface area (Å²) < 4.78 is 37.6. The van der Waals surface area contributed by atoms with Crippen LogP contribution in [-0.4, -0.2) is 30.1 Å². The van der Waals surface area contributed by atoms with Gasteiger partial charge in [-0.1, -0.05) is 24.9 Å². The second kappa shape index (κ2) is 6.83. The molecular formula is C13H16ClF3N2O. The SMILES string of the molecule is CCCCN(CC(F)(F)F)C(=O)c1cc(N)ccc1Cl. The van der Waals surface area contributed by atoms with Gasteiger partial charge >= 0.3 is 6.18 Å². The average Bonchev–Trinajstić information content (AvgIpc) is 2.35. The Morgan fingerprint density at radius 2 is 2.05 bits per heavy atom. The Morgan fingerprint density at radius 3 is 2.60 bits per heavy atom. The monoisotopic (exact) mass is 308 g/mol. The van der Waals surface area contributed by atoms with E-state index in [9.17, 15) is 18.0 Å². The number of nitrogen functional groups attached to an aromatic ring is 1. The molecule has 1 aromatic rings. The number of nitrogens with two attached hydrogens (primary N) is 1. The largest absolute Gasteiger partial charge is 0.406 e. The molecule has 20 heavy (non-hydrogen) atoms. The van der Waals surface area contributed by atoms with E-state index in [2.05, 4.69) is 0 Å². The number of hydrogen-bond donors (Lipinski definition) is 1. The van der Waals surface area contributed by atoms with Crippen molar-refractivity contribution in [3.63, 3.8) is 0 Å². The molecule has 0 heterocycles. The molecular weight excluding hydrogens is 293 g/mol. The Bertz CT molecular complexity index is 477. The molecule has 1 amide bonds. The summed E-state index contributed by atoms with van der Waals surface area (Å²) in [5.41, 5.74) is 5.81. The first kappa shape index (κ1) is 16.6. The van der Waals surface area contributed by atoms with E-state index in [0.717, 1.165) is 4.90 Å². The van der Waals surface area contributed by atoms with Gasteiger partial charge in [0.25, 0.3) is 5.91 Å². The first-order chi connectivity index (χ1) is 9.24. The van der Waals surface area contributed by atoms with Crippen molar-refractivity contribution in [2.24, 2.45) is 0 Å². The fourth-order valence-corrected chi connectivity index (χ4v) is 1.89. The van der Waals surface area contributed by atoms with Crippen LogP contribution in [0.25, 0.3) is 0 Å². The quantitative estimate of drug-likeness (QED) is 0.843. The molecule has 112 valence electrons. The normalized spacial score (nSPS) is 11.4. The van der Waals surface area contributed by atoms with Crippen LogP contribution in [0.2, 0.25) is 5.02 Å². The Labute approximate surface area is 120 Å². The molecule has 0 radical (unpaired) electrons. The molecule has 7 heteroatoms. The van der Waals surface area contributed by atoms with Gasteiger partial charge in [-0.15, -0.1) is 0 Å². The molecule has 0 aliphatic heterocycles. The molecule has 1 rings (SSSR count). The van der Waals surface area contributed by atoms with Gasteiger partial charge in [0.2, 0.25) is 0 Å². The van der Waals surface area contributed by atoms with E-state index in [0.29, 0.717) is 12.8 Å². The van der Waals surface area contributed by atoms with Crippen LogP contribution in [-0.2, 0) is 0 Å². The summed E-state index contributed by atoms with van der Waals surface area (Å²) in [6, 6.07) is 4.18. The van der Waals surface area contributed by atoms with Crippen LogP contribution in [0.1, 0.15) is 30.1 Å². The maximum atomic E-state index is 12.5. The van der Waals surface area contributed by atoms with Gasteiger partial charge in [-0.05, 0) is 24.6 Å². The molecule has 0 saturated carbocycles. The minimum atomic E-state index is -4.45. The van der Waals surface area contributed by atoms with E-state index in [1.54, 1.807) is 0 Å². The van der Waals surface area contributed by atoms with Crippen molar-refractivity contribution in [2.45, 2.75) is 25.9 Å². The standard InChI is InChI=1S/C13H16ClF3N2O/c1-2-3-6-19(8-13(15,16)17)12(20)10-7-9(18)4-5-11(10)14/h4-5,7H,2-3,6,8,18H2,1H3. The molecule has 0 aliphatic carbocycles. The fraction of sp³-hybridized carbons (Fsp3) is 0.462. The zero-order valence-electron chi connectivity index (χ0n) is 11.0. The summed E-state index contributed by atoms with van der Waals surface area (Å²) in [6.45, 7) is 0.570. The van der Waals surface area contributed by atoms with E-state index in [1.165, 1.54) is 18.2 Å². The van der Waals surface area contributed by atoms with Gasteiger partial charge in [0.15, 0.2) is 0 Å². The Hall–Kier alpha value is -1.43. The molecule has 0 aliphatic rings. The maximum Gasteiger partial charge on any atom is 0.406 e. The van der Waals surface area contributed by atoms with Gasteiger partial charge in [0, 0.05) is 12.2 Å². The number of nitrogens with zero attached hydrogens (tertiary/aromatic N) is 1. The first-order valence-electron chi connectivity index (χ1n) is 6.15. The molecule has 0 unspecified atom stereocenters. The molecule has 2 N–H and O–H groups in total. The van der Waals surface area contributed by atoms with E-state index in [-0.39, 0.29) is 22.8 Å². The lowest BCUT2D eigenvalue weighted by molar-refractivity contribution is -0.140. The highest BCUT2D eigenvalue weighted by atomic mass is 35.5. The minimum absolute atomic E-state index is 0.00739. The number of benzene rings is 1. The first-order valence-corrected chi connectivity index (χ1v) is 6.53. The van der Waals surface area contributed by atoms with Crippen LogP contribution < -0.4 is 5.73 Å². The van der Waals surface area contributed by atoms with Crippen molar-refractivity contribution < 1.29 is 18.0 Å². The Kier molecular flexibility index (Phi) is 5.68. The van der Waals surface area contributed by atoms with Crippen LogP contribution in [0, 0.1) is 0 Å². The highest BCUT2D eigenvalue weighted by Gasteiger charge is 2.33. The van der Waals surface area contributed by atoms with Crippen LogP contribution in [0.4, 0.5) is 18.9 Å². The summed E-state index contributed by atoms with van der Waals surface area (Å²) in [5, 5.41) is 0.0906. The topological polar surface area (TPSA) is 46.3 Å². The summed E-state index contributed by atoms with van der Waals surface area (Å²) >= 11 is 5.86. The molecule has 0 saturated heterocycles. The predicted molar refractivity (Wildman–Crippen MR) is 72.7 cm³/mol. The van der Waals surface area contributed by atoms with Gasteiger partial charge in [0.1, 0.15) is 6.54 Å². The summed E-state index contributed by atoms with van der Waals surface area (Å²) in [7, 11) is 0. The average molecular weight is 309 g/mol. The van der Waals surface area contributed by atoms with E-state index in [4.69, 9.17) is 17.3 Å². The molecule has 0 aromatic heterocycles. The minimum Gasteiger partial charge on any atom is -0.399 e. The van der Waals surface area contributed by atoms with Gasteiger partial charge in [-0.2, -0.15) is 13.2 Å². The fourth-order valence-electron chi connectivity index (χ4n) is 1.69. The van der Waals surface area contributed by atoms with Crippen molar-refractivity contribution in [2.75, 3.05) is 18.8 Å². The lowest BCUT2D eigenvalue weighted by Gasteiger charge is -2.24. The van der Waals surface area contributed by atoms with Crippen LogP contribution in [0.5, 0.6) is 0 Å². The van der Waals surface area contributed by atoms with Crippen molar-refractivity contribution in [1.29, 1.82) is 0 Å². The highest BCUT2D eigenvalue weighted by molar-refractivity contribution is 6.34. The third-order valence-corrected chi connectivity index (χ3v) is 2.99. The zero-order chi connectivity index (χ0) is 15.3. The number of hydrogen-bond acceptors (Lipinski definition) is 2. The predicted octanol–water partition coefficient (Wildman–Crippen LogP) is 3.73. The molecule has 3 nitrogen and oxygen atoms in total. The molecule has 1 aromatic carbocycles. The zero-order valence-corrected chi connectivity index (χ0v) is 11.8. The Morgan fingerprint density at radius 1 is 1.40 bits per heavy atom. The highest BCUT2D eigenvalue weighted by Crippen LogP contribution is 2.23. The maximum absolute atomic E-state index is 12.5. The number of alkyl halides is 3. The molecule has 0 spiro atoms. The lowest BCUT2D eigenvalue weighted by Crippen LogP contribution is -2.39. The number of unbranched alkanes of at least 4 members (excludes halogenated alkanes) is 1. The third-order valence-electron chi connectivity index (χ3n) is 2.66. The van der Waals surface area contributed by atoms with Crippen LogP contribution in [0.15, 0.2) is 18.2 Å². The number of halogens is 4. The van der Waals surface area contributed by atoms with Gasteiger partial charge in [-0.25, -0.2) is 0 Å². The van der Waals surface area contributed by atoms with Crippen LogP contribution in [0.3, 0.4) is 0 Å². The van der Waals surface area contributed by atoms with E-state index < -0.39 is 18.6 Å². The van der Waals surface area contributed by atoms with Gasteiger partial charge in [-0.3, -0.25) is 4.79 Å². The van der Waals surface area contributed by atoms with Gasteiger partial charge in [0.05, 0.1) is 10.6 Å². The smallest absolute Gasteiger partial charge is 0.399 e. The second-order valence-corrected chi connectivity index (χ2v) is 4.84. The summed E-state index contributed by atoms with van der Waals surface area (Å²) in [6.07, 6.45) is -3.27. The summed E-state index contributed by atoms with van der Waals surface area (Å²) in [5.74, 6) is -0.756. The van der Waals surface area contributed by atoms with Crippen molar-refractivity contribution in [1.82, 2.24) is 4.90 Å². The Balaban J connectivity index is 2.99. The van der Waals surface area contributed by atoms with Gasteiger partial charge < -0.3 is 10.6 Å². The van der Waals surface area contributed by atoms with Crippen molar-refractivity contribution in [3.05, 3.63) is 28.8 Å². The van der Waals surface area contributed by atoms with E-state index >= 15 is 0 Å². The van der Waals surface area contributed by atoms with Crippen molar-refractivity contribution >= 4 is 23.2 Å². The summed E-state index contributed by atoms with van der Waals surface area (Å²) in [4.78, 5) is 12.9. The lowest BCUT2D eigenvalue weighted by atomic mass is 10.1. The molecule has 0 fully saturated rings. The van der Waals surface area contributed by atoms with Crippen LogP contribution >= 0.6 is 11.6 Å². The third kappa shape index (κ3) is 4.92. The number of rotatable bonds is 5.